The summed E-state index contributed by atoms with van der Waals surface area (Å²) < 4.78 is 14.5. The van der Waals surface area contributed by atoms with Crippen LogP contribution in [0.25, 0.3) is 17.4 Å². The second-order valence-electron chi connectivity index (χ2n) is 10.8. The van der Waals surface area contributed by atoms with E-state index in [2.05, 4.69) is 21.2 Å². The van der Waals surface area contributed by atoms with Gasteiger partial charge in [-0.25, -0.2) is 4.99 Å². The first-order valence-corrected chi connectivity index (χ1v) is 15.7. The summed E-state index contributed by atoms with van der Waals surface area (Å²) in [5.74, 6) is 1.60. The SMILES string of the molecule is COc1ccc([C@@H]2C(C(=O)Nc3ccc(C)cc3C)=C(C)N=c3s/c(=C\c4ccc(-c5ccc(C)cc5Br)o4)c(=O)n32)cc1. The van der Waals surface area contributed by atoms with Crippen LogP contribution in [0.1, 0.15) is 41.0 Å². The van der Waals surface area contributed by atoms with Gasteiger partial charge in [-0.3, -0.25) is 14.2 Å². The van der Waals surface area contributed by atoms with Crippen molar-refractivity contribution >= 4 is 44.9 Å². The molecular weight excluding hydrogens is 638 g/mol. The molecule has 0 saturated carbocycles. The average molecular weight is 669 g/mol. The van der Waals surface area contributed by atoms with E-state index in [1.54, 1.807) is 17.8 Å². The lowest BCUT2D eigenvalue weighted by Crippen LogP contribution is -2.40. The van der Waals surface area contributed by atoms with Crippen molar-refractivity contribution in [1.82, 2.24) is 4.57 Å². The number of aryl methyl sites for hydroxylation is 3. The van der Waals surface area contributed by atoms with Gasteiger partial charge in [0.15, 0.2) is 4.80 Å². The molecule has 0 saturated heterocycles. The zero-order valence-electron chi connectivity index (χ0n) is 24.9. The fourth-order valence-electron chi connectivity index (χ4n) is 5.38. The lowest BCUT2D eigenvalue weighted by molar-refractivity contribution is -0.113. The van der Waals surface area contributed by atoms with E-state index in [1.807, 2.05) is 100 Å². The summed E-state index contributed by atoms with van der Waals surface area (Å²) in [5.41, 5.74) is 6.28. The summed E-state index contributed by atoms with van der Waals surface area (Å²) >= 11 is 4.89. The Bertz CT molecular complexity index is 2140. The molecule has 0 fully saturated rings. The Kier molecular flexibility index (Phi) is 8.00. The minimum atomic E-state index is -0.694. The number of hydrogen-bond acceptors (Lipinski definition) is 6. The summed E-state index contributed by atoms with van der Waals surface area (Å²) in [6.07, 6.45) is 1.73. The highest BCUT2D eigenvalue weighted by atomic mass is 79.9. The van der Waals surface area contributed by atoms with Crippen molar-refractivity contribution in [3.8, 4) is 17.1 Å². The third-order valence-corrected chi connectivity index (χ3v) is 9.26. The Morgan fingerprint density at radius 1 is 1.00 bits per heavy atom. The molecule has 44 heavy (non-hydrogen) atoms. The Labute approximate surface area is 267 Å². The van der Waals surface area contributed by atoms with E-state index in [-0.39, 0.29) is 11.5 Å². The van der Waals surface area contributed by atoms with Gasteiger partial charge in [0, 0.05) is 21.8 Å². The van der Waals surface area contributed by atoms with E-state index in [4.69, 9.17) is 14.1 Å². The van der Waals surface area contributed by atoms with Crippen molar-refractivity contribution < 1.29 is 13.9 Å². The van der Waals surface area contributed by atoms with Crippen LogP contribution in [0.2, 0.25) is 0 Å². The predicted molar refractivity (Wildman–Crippen MR) is 178 cm³/mol. The highest BCUT2D eigenvalue weighted by Crippen LogP contribution is 2.33. The zero-order valence-corrected chi connectivity index (χ0v) is 27.3. The number of nitrogens with zero attached hydrogens (tertiary/aromatic N) is 2. The van der Waals surface area contributed by atoms with Crippen LogP contribution in [0.15, 0.2) is 103 Å². The number of rotatable bonds is 6. The first kappa shape index (κ1) is 29.6. The molecule has 222 valence electrons. The molecule has 0 radical (unpaired) electrons. The van der Waals surface area contributed by atoms with Crippen LogP contribution in [0.3, 0.4) is 0 Å². The van der Waals surface area contributed by atoms with E-state index >= 15 is 0 Å². The number of anilines is 1. The number of benzene rings is 3. The first-order valence-electron chi connectivity index (χ1n) is 14.0. The summed E-state index contributed by atoms with van der Waals surface area (Å²) in [6, 6.07) is 22.4. The van der Waals surface area contributed by atoms with Crippen LogP contribution in [-0.2, 0) is 4.79 Å². The minimum Gasteiger partial charge on any atom is -0.497 e. The van der Waals surface area contributed by atoms with Gasteiger partial charge < -0.3 is 14.5 Å². The van der Waals surface area contributed by atoms with Crippen LogP contribution in [-0.4, -0.2) is 17.6 Å². The summed E-state index contributed by atoms with van der Waals surface area (Å²) in [5, 5.41) is 3.06. The number of aromatic nitrogens is 1. The van der Waals surface area contributed by atoms with E-state index in [0.29, 0.717) is 43.6 Å². The highest BCUT2D eigenvalue weighted by Gasteiger charge is 2.32. The van der Waals surface area contributed by atoms with Crippen molar-refractivity contribution in [2.24, 2.45) is 4.99 Å². The quantitative estimate of drug-likeness (QED) is 0.215. The maximum atomic E-state index is 14.1. The van der Waals surface area contributed by atoms with Gasteiger partial charge in [-0.15, -0.1) is 0 Å². The van der Waals surface area contributed by atoms with Gasteiger partial charge >= 0.3 is 0 Å². The largest absolute Gasteiger partial charge is 0.497 e. The van der Waals surface area contributed by atoms with Gasteiger partial charge in [-0.1, -0.05) is 63.2 Å². The molecule has 7 nitrogen and oxygen atoms in total. The summed E-state index contributed by atoms with van der Waals surface area (Å²) in [7, 11) is 1.60. The van der Waals surface area contributed by atoms with E-state index in [9.17, 15) is 9.59 Å². The second-order valence-corrected chi connectivity index (χ2v) is 12.7. The fourth-order valence-corrected chi connectivity index (χ4v) is 7.10. The van der Waals surface area contributed by atoms with Crippen LogP contribution < -0.4 is 24.9 Å². The molecule has 1 atom stereocenters. The van der Waals surface area contributed by atoms with Crippen molar-refractivity contribution in [2.75, 3.05) is 12.4 Å². The molecule has 9 heteroatoms. The molecule has 2 aromatic heterocycles. The van der Waals surface area contributed by atoms with Crippen molar-refractivity contribution in [1.29, 1.82) is 0 Å². The molecule has 1 aliphatic heterocycles. The number of hydrogen-bond donors (Lipinski definition) is 1. The maximum Gasteiger partial charge on any atom is 0.271 e. The van der Waals surface area contributed by atoms with Crippen molar-refractivity contribution in [2.45, 2.75) is 33.7 Å². The van der Waals surface area contributed by atoms with E-state index in [1.165, 1.54) is 11.3 Å². The standard InChI is InChI=1S/C35H30BrN3O4S/c1-19-7-14-28(21(3)16-19)38-33(40)31-22(4)37-35-39(32(31)23-8-10-24(42-5)11-9-23)34(41)30(44-35)18-25-12-15-29(43-25)26-13-6-20(2)17-27(26)36/h6-18,32H,1-5H3,(H,38,40)/b30-18-/t32-/m1/s1. The second kappa shape index (κ2) is 11.9. The molecule has 0 bridgehead atoms. The molecule has 6 rings (SSSR count). The Morgan fingerprint density at radius 3 is 2.43 bits per heavy atom. The topological polar surface area (TPSA) is 85.8 Å². The number of halogens is 1. The Morgan fingerprint density at radius 2 is 1.73 bits per heavy atom. The third-order valence-electron chi connectivity index (χ3n) is 7.62. The summed E-state index contributed by atoms with van der Waals surface area (Å²) in [4.78, 5) is 33.3. The highest BCUT2D eigenvalue weighted by molar-refractivity contribution is 9.10. The van der Waals surface area contributed by atoms with Crippen LogP contribution in [0.5, 0.6) is 5.75 Å². The van der Waals surface area contributed by atoms with Gasteiger partial charge in [0.2, 0.25) is 0 Å². The molecule has 1 aliphatic rings. The first-order chi connectivity index (χ1) is 21.1. The lowest BCUT2D eigenvalue weighted by Gasteiger charge is -2.25. The molecule has 0 aliphatic carbocycles. The normalized spacial score (nSPS) is 14.8. The number of carbonyl (C=O) groups excluding carboxylic acids is 1. The zero-order chi connectivity index (χ0) is 31.1. The molecule has 3 heterocycles. The lowest BCUT2D eigenvalue weighted by atomic mass is 9.95. The van der Waals surface area contributed by atoms with Crippen LogP contribution in [0, 0.1) is 20.8 Å². The molecule has 1 N–H and O–H groups in total. The molecule has 0 spiro atoms. The Balaban J connectivity index is 1.45. The number of allylic oxidation sites excluding steroid dienone is 1. The molecule has 5 aromatic rings. The fraction of sp³-hybridized carbons (Fsp3) is 0.171. The number of carbonyl (C=O) groups is 1. The monoisotopic (exact) mass is 667 g/mol. The Hall–Kier alpha value is -4.47. The smallest absolute Gasteiger partial charge is 0.271 e. The number of fused-ring (bicyclic) bond motifs is 1. The van der Waals surface area contributed by atoms with Gasteiger partial charge in [0.1, 0.15) is 17.3 Å². The van der Waals surface area contributed by atoms with Gasteiger partial charge in [-0.2, -0.15) is 0 Å². The number of thiazole rings is 1. The molecule has 0 unspecified atom stereocenters. The van der Waals surface area contributed by atoms with Gasteiger partial charge in [0.05, 0.1) is 29.0 Å². The third kappa shape index (κ3) is 5.60. The van der Waals surface area contributed by atoms with Crippen molar-refractivity contribution in [3.63, 3.8) is 0 Å². The van der Waals surface area contributed by atoms with Crippen molar-refractivity contribution in [3.05, 3.63) is 136 Å². The van der Waals surface area contributed by atoms with Crippen LogP contribution >= 0.6 is 27.3 Å². The average Bonchev–Trinajstić information content (AvgIpc) is 3.57. The molecular formula is C35H30BrN3O4S. The van der Waals surface area contributed by atoms with E-state index in [0.717, 1.165) is 32.3 Å². The number of furan rings is 1. The van der Waals surface area contributed by atoms with Gasteiger partial charge in [-0.05, 0) is 86.8 Å². The number of ether oxygens (including phenoxy) is 1. The number of methoxy groups -OCH3 is 1. The predicted octanol–water partition coefficient (Wildman–Crippen LogP) is 6.83. The number of nitrogens with one attached hydrogen (secondary N) is 1. The molecule has 1 amide bonds. The molecule has 3 aromatic carbocycles. The maximum absolute atomic E-state index is 14.1. The van der Waals surface area contributed by atoms with Crippen LogP contribution in [0.4, 0.5) is 5.69 Å². The van der Waals surface area contributed by atoms with E-state index < -0.39 is 6.04 Å². The minimum absolute atomic E-state index is 0.256. The number of amides is 1. The summed E-state index contributed by atoms with van der Waals surface area (Å²) in [6.45, 7) is 7.80. The van der Waals surface area contributed by atoms with Gasteiger partial charge in [0.25, 0.3) is 11.5 Å².